The maximum atomic E-state index is 12.0. The monoisotopic (exact) mass is 389 g/mol. The molecule has 0 radical (unpaired) electrons. The molecule has 0 spiro atoms. The summed E-state index contributed by atoms with van der Waals surface area (Å²) in [5.74, 6) is -1.14. The van der Waals surface area contributed by atoms with E-state index < -0.39 is 37.0 Å². The van der Waals surface area contributed by atoms with Crippen molar-refractivity contribution in [2.75, 3.05) is 20.3 Å². The van der Waals surface area contributed by atoms with Gasteiger partial charge in [-0.2, -0.15) is 0 Å². The van der Waals surface area contributed by atoms with Gasteiger partial charge in [-0.3, -0.25) is 19.7 Å². The Morgan fingerprint density at radius 1 is 1.07 bits per heavy atom. The quantitative estimate of drug-likeness (QED) is 0.562. The van der Waals surface area contributed by atoms with E-state index in [4.69, 9.17) is 13.9 Å². The van der Waals surface area contributed by atoms with Gasteiger partial charge >= 0.3 is 12.0 Å². The van der Waals surface area contributed by atoms with Gasteiger partial charge in [-0.05, 0) is 30.3 Å². The molecular formula is C18H19N3O7. The van der Waals surface area contributed by atoms with Crippen molar-refractivity contribution in [2.45, 2.75) is 6.54 Å². The van der Waals surface area contributed by atoms with Gasteiger partial charge in [0.15, 0.2) is 6.61 Å². The number of carbonyl (C=O) groups is 4. The first kappa shape index (κ1) is 20.5. The minimum absolute atomic E-state index is 0.0994. The zero-order valence-electron chi connectivity index (χ0n) is 15.0. The third kappa shape index (κ3) is 6.83. The predicted octanol–water partition coefficient (Wildman–Crippen LogP) is 0.587. The highest BCUT2D eigenvalue weighted by Crippen LogP contribution is 2.12. The number of urea groups is 1. The van der Waals surface area contributed by atoms with Gasteiger partial charge in [0.2, 0.25) is 0 Å². The van der Waals surface area contributed by atoms with Gasteiger partial charge in [0, 0.05) is 5.56 Å². The lowest BCUT2D eigenvalue weighted by atomic mass is 10.2. The molecule has 3 N–H and O–H groups in total. The van der Waals surface area contributed by atoms with Crippen molar-refractivity contribution in [3.05, 3.63) is 54.0 Å². The molecule has 28 heavy (non-hydrogen) atoms. The van der Waals surface area contributed by atoms with Gasteiger partial charge in [-0.25, -0.2) is 4.79 Å². The van der Waals surface area contributed by atoms with Crippen LogP contribution in [0.4, 0.5) is 4.79 Å². The van der Waals surface area contributed by atoms with E-state index in [1.165, 1.54) is 19.4 Å². The van der Waals surface area contributed by atoms with E-state index in [1.807, 2.05) is 5.32 Å². The molecule has 2 rings (SSSR count). The Hall–Kier alpha value is -3.82. The van der Waals surface area contributed by atoms with Crippen molar-refractivity contribution >= 4 is 23.8 Å². The number of amides is 4. The van der Waals surface area contributed by atoms with Gasteiger partial charge in [0.1, 0.15) is 18.1 Å². The molecule has 0 aliphatic rings. The molecule has 4 amide bonds. The van der Waals surface area contributed by atoms with Crippen LogP contribution in [0.3, 0.4) is 0 Å². The average molecular weight is 389 g/mol. The second kappa shape index (κ2) is 10.4. The number of ether oxygens (including phenoxy) is 2. The molecule has 2 aromatic rings. The van der Waals surface area contributed by atoms with Gasteiger partial charge in [0.05, 0.1) is 19.9 Å². The molecule has 1 heterocycles. The highest BCUT2D eigenvalue weighted by atomic mass is 16.5. The van der Waals surface area contributed by atoms with E-state index in [9.17, 15) is 19.2 Å². The fourth-order valence-electron chi connectivity index (χ4n) is 2.00. The van der Waals surface area contributed by atoms with Crippen molar-refractivity contribution < 1.29 is 33.1 Å². The molecule has 0 saturated heterocycles. The lowest BCUT2D eigenvalue weighted by Crippen LogP contribution is -2.41. The largest absolute Gasteiger partial charge is 0.497 e. The summed E-state index contributed by atoms with van der Waals surface area (Å²) in [5, 5.41) is 6.75. The fourth-order valence-corrected chi connectivity index (χ4v) is 2.00. The molecule has 0 bridgehead atoms. The topological polar surface area (TPSA) is 136 Å². The Balaban J connectivity index is 1.64. The molecule has 0 unspecified atom stereocenters. The Kier molecular flexibility index (Phi) is 7.58. The first-order valence-corrected chi connectivity index (χ1v) is 8.16. The highest BCUT2D eigenvalue weighted by Gasteiger charge is 2.13. The molecule has 0 atom stereocenters. The second-order valence-corrected chi connectivity index (χ2v) is 5.39. The van der Waals surface area contributed by atoms with Crippen LogP contribution in [0.2, 0.25) is 0 Å². The number of furan rings is 1. The number of esters is 1. The summed E-state index contributed by atoms with van der Waals surface area (Å²) in [6.07, 6.45) is 1.45. The predicted molar refractivity (Wildman–Crippen MR) is 95.4 cm³/mol. The van der Waals surface area contributed by atoms with Crippen LogP contribution < -0.4 is 20.7 Å². The third-order valence-electron chi connectivity index (χ3n) is 3.35. The first-order valence-electron chi connectivity index (χ1n) is 8.16. The van der Waals surface area contributed by atoms with Crippen LogP contribution in [0.15, 0.2) is 47.1 Å². The Morgan fingerprint density at radius 2 is 1.89 bits per heavy atom. The van der Waals surface area contributed by atoms with Crippen LogP contribution in [-0.2, 0) is 20.9 Å². The zero-order chi connectivity index (χ0) is 20.4. The lowest BCUT2D eigenvalue weighted by Gasteiger charge is -2.08. The van der Waals surface area contributed by atoms with Crippen LogP contribution >= 0.6 is 0 Å². The smallest absolute Gasteiger partial charge is 0.325 e. The van der Waals surface area contributed by atoms with E-state index in [1.54, 1.807) is 30.3 Å². The zero-order valence-corrected chi connectivity index (χ0v) is 15.0. The summed E-state index contributed by atoms with van der Waals surface area (Å²) in [4.78, 5) is 46.7. The fraction of sp³-hybridized carbons (Fsp3) is 0.222. The molecule has 0 aliphatic heterocycles. The Bertz CT molecular complexity index is 833. The van der Waals surface area contributed by atoms with Gasteiger partial charge in [-0.15, -0.1) is 0 Å². The Labute approximate surface area is 160 Å². The number of carbonyl (C=O) groups excluding carboxylic acids is 4. The number of rotatable bonds is 8. The van der Waals surface area contributed by atoms with Gasteiger partial charge < -0.3 is 24.5 Å². The molecule has 0 aliphatic carbocycles. The number of hydrogen-bond acceptors (Lipinski definition) is 7. The maximum Gasteiger partial charge on any atom is 0.325 e. The van der Waals surface area contributed by atoms with Crippen molar-refractivity contribution in [3.63, 3.8) is 0 Å². The number of hydrogen-bond donors (Lipinski definition) is 3. The average Bonchev–Trinajstić information content (AvgIpc) is 3.22. The molecule has 0 fully saturated rings. The van der Waals surface area contributed by atoms with Crippen LogP contribution in [0.1, 0.15) is 16.1 Å². The van der Waals surface area contributed by atoms with E-state index in [0.29, 0.717) is 17.1 Å². The van der Waals surface area contributed by atoms with Crippen molar-refractivity contribution in [2.24, 2.45) is 0 Å². The van der Waals surface area contributed by atoms with Crippen LogP contribution in [0, 0.1) is 0 Å². The summed E-state index contributed by atoms with van der Waals surface area (Å²) < 4.78 is 14.7. The summed E-state index contributed by atoms with van der Waals surface area (Å²) in [6, 6.07) is 8.93. The standard InChI is InChI=1S/C18H19N3O7/c1-26-13-5-2-4-12(8-13)17(24)19-10-16(23)28-11-15(22)21-18(25)20-9-14-6-3-7-27-14/h2-8H,9-11H2,1H3,(H,19,24)(H2,20,21,22,25). The lowest BCUT2D eigenvalue weighted by molar-refractivity contribution is -0.147. The minimum atomic E-state index is -0.831. The minimum Gasteiger partial charge on any atom is -0.497 e. The summed E-state index contributed by atoms with van der Waals surface area (Å²) in [5.41, 5.74) is 0.304. The van der Waals surface area contributed by atoms with Gasteiger partial charge in [-0.1, -0.05) is 6.07 Å². The second-order valence-electron chi connectivity index (χ2n) is 5.39. The van der Waals surface area contributed by atoms with Crippen LogP contribution in [0.25, 0.3) is 0 Å². The molecule has 1 aromatic heterocycles. The van der Waals surface area contributed by atoms with Crippen molar-refractivity contribution in [3.8, 4) is 5.75 Å². The van der Waals surface area contributed by atoms with Gasteiger partial charge in [0.25, 0.3) is 11.8 Å². The summed E-state index contributed by atoms with van der Waals surface area (Å²) in [6.45, 7) is -1.00. The number of methoxy groups -OCH3 is 1. The van der Waals surface area contributed by atoms with Crippen LogP contribution in [0.5, 0.6) is 5.75 Å². The SMILES string of the molecule is COc1cccc(C(=O)NCC(=O)OCC(=O)NC(=O)NCc2ccco2)c1. The van der Waals surface area contributed by atoms with E-state index >= 15 is 0 Å². The number of nitrogens with one attached hydrogen (secondary N) is 3. The molecule has 10 heteroatoms. The van der Waals surface area contributed by atoms with E-state index in [-0.39, 0.29) is 6.54 Å². The summed E-state index contributed by atoms with van der Waals surface area (Å²) in [7, 11) is 1.47. The first-order chi connectivity index (χ1) is 13.5. The molecule has 0 saturated carbocycles. The third-order valence-corrected chi connectivity index (χ3v) is 3.35. The normalized spacial score (nSPS) is 9.89. The highest BCUT2D eigenvalue weighted by molar-refractivity contribution is 5.97. The van der Waals surface area contributed by atoms with E-state index in [2.05, 4.69) is 10.6 Å². The van der Waals surface area contributed by atoms with Crippen molar-refractivity contribution in [1.29, 1.82) is 0 Å². The molecule has 148 valence electrons. The maximum absolute atomic E-state index is 12.0. The van der Waals surface area contributed by atoms with Crippen LogP contribution in [-0.4, -0.2) is 44.1 Å². The Morgan fingerprint density at radius 3 is 2.61 bits per heavy atom. The number of benzene rings is 1. The molecule has 1 aromatic carbocycles. The van der Waals surface area contributed by atoms with E-state index in [0.717, 1.165) is 0 Å². The summed E-state index contributed by atoms with van der Waals surface area (Å²) >= 11 is 0. The molecule has 10 nitrogen and oxygen atoms in total. The van der Waals surface area contributed by atoms with Crippen molar-refractivity contribution in [1.82, 2.24) is 16.0 Å². The number of imide groups is 1. The molecular weight excluding hydrogens is 370 g/mol.